The first-order chi connectivity index (χ1) is 9.60. The Bertz CT molecular complexity index is 428. The molecule has 0 bridgehead atoms. The first kappa shape index (κ1) is 15.3. The number of hydrogen-bond acceptors (Lipinski definition) is 4. The highest BCUT2D eigenvalue weighted by atomic mass is 16.5. The maximum Gasteiger partial charge on any atom is 0.121 e. The summed E-state index contributed by atoms with van der Waals surface area (Å²) in [7, 11) is 3.83. The van der Waals surface area contributed by atoms with E-state index in [2.05, 4.69) is 16.8 Å². The van der Waals surface area contributed by atoms with E-state index in [4.69, 9.17) is 4.74 Å². The van der Waals surface area contributed by atoms with Crippen molar-refractivity contribution in [3.05, 3.63) is 29.3 Å². The first-order valence-corrected chi connectivity index (χ1v) is 7.33. The van der Waals surface area contributed by atoms with Crippen LogP contribution in [0.4, 0.5) is 0 Å². The molecule has 4 nitrogen and oxygen atoms in total. The lowest BCUT2D eigenvalue weighted by Crippen LogP contribution is -2.44. The molecular weight excluding hydrogens is 252 g/mol. The largest absolute Gasteiger partial charge is 0.496 e. The second-order valence-electron chi connectivity index (χ2n) is 5.68. The summed E-state index contributed by atoms with van der Waals surface area (Å²) >= 11 is 0. The molecule has 2 rings (SSSR count). The molecule has 112 valence electrons. The molecule has 0 amide bonds. The number of methoxy groups -OCH3 is 1. The summed E-state index contributed by atoms with van der Waals surface area (Å²) in [5.41, 5.74) is 2.06. The molecule has 1 N–H and O–H groups in total. The fourth-order valence-corrected chi connectivity index (χ4v) is 2.65. The smallest absolute Gasteiger partial charge is 0.121 e. The molecule has 1 saturated heterocycles. The number of hydrogen-bond donors (Lipinski definition) is 1. The van der Waals surface area contributed by atoms with Crippen LogP contribution in [0.2, 0.25) is 0 Å². The van der Waals surface area contributed by atoms with Crippen LogP contribution < -0.4 is 4.74 Å². The van der Waals surface area contributed by atoms with Crippen molar-refractivity contribution in [2.75, 3.05) is 46.9 Å². The molecule has 0 saturated carbocycles. The van der Waals surface area contributed by atoms with Gasteiger partial charge in [0.05, 0.1) is 13.2 Å². The van der Waals surface area contributed by atoms with Crippen molar-refractivity contribution in [3.63, 3.8) is 0 Å². The average Bonchev–Trinajstić information content (AvgIpc) is 2.46. The van der Waals surface area contributed by atoms with E-state index >= 15 is 0 Å². The average molecular weight is 278 g/mol. The van der Waals surface area contributed by atoms with Crippen molar-refractivity contribution in [1.82, 2.24) is 9.80 Å². The van der Waals surface area contributed by atoms with Crippen molar-refractivity contribution in [3.8, 4) is 5.75 Å². The lowest BCUT2D eigenvalue weighted by molar-refractivity contribution is 0.113. The standard InChI is InChI=1S/C16H26N2O2/c1-13-12-14(4-5-16(13)20-3)15(19)6-7-18-10-8-17(2)9-11-18/h4-5,12,15,19H,6-11H2,1-3H3. The molecule has 0 spiro atoms. The van der Waals surface area contributed by atoms with Gasteiger partial charge in [-0.15, -0.1) is 0 Å². The zero-order valence-electron chi connectivity index (χ0n) is 12.8. The number of nitrogens with zero attached hydrogens (tertiary/aromatic N) is 2. The Morgan fingerprint density at radius 1 is 1.25 bits per heavy atom. The lowest BCUT2D eigenvalue weighted by atomic mass is 10.0. The van der Waals surface area contributed by atoms with E-state index in [1.807, 2.05) is 25.1 Å². The van der Waals surface area contributed by atoms with Crippen LogP contribution in [0.15, 0.2) is 18.2 Å². The fourth-order valence-electron chi connectivity index (χ4n) is 2.65. The molecule has 1 aromatic carbocycles. The van der Waals surface area contributed by atoms with E-state index < -0.39 is 0 Å². The minimum absolute atomic E-state index is 0.390. The maximum atomic E-state index is 10.3. The minimum atomic E-state index is -0.390. The van der Waals surface area contributed by atoms with E-state index in [1.165, 1.54) is 0 Å². The predicted molar refractivity (Wildman–Crippen MR) is 81.2 cm³/mol. The van der Waals surface area contributed by atoms with Gasteiger partial charge in [-0.3, -0.25) is 0 Å². The van der Waals surface area contributed by atoms with Crippen LogP contribution in [-0.2, 0) is 0 Å². The lowest BCUT2D eigenvalue weighted by Gasteiger charge is -2.32. The van der Waals surface area contributed by atoms with Crippen LogP contribution >= 0.6 is 0 Å². The van der Waals surface area contributed by atoms with Gasteiger partial charge < -0.3 is 19.6 Å². The predicted octanol–water partition coefficient (Wildman–Crippen LogP) is 1.67. The van der Waals surface area contributed by atoms with Gasteiger partial charge in [-0.25, -0.2) is 0 Å². The zero-order chi connectivity index (χ0) is 14.5. The minimum Gasteiger partial charge on any atom is -0.496 e. The molecular formula is C16H26N2O2. The SMILES string of the molecule is COc1ccc(C(O)CCN2CCN(C)CC2)cc1C. The van der Waals surface area contributed by atoms with Gasteiger partial charge in [0.25, 0.3) is 0 Å². The molecule has 1 fully saturated rings. The fraction of sp³-hybridized carbons (Fsp3) is 0.625. The zero-order valence-corrected chi connectivity index (χ0v) is 12.8. The van der Waals surface area contributed by atoms with Crippen molar-refractivity contribution in [1.29, 1.82) is 0 Å². The van der Waals surface area contributed by atoms with Crippen LogP contribution in [0.25, 0.3) is 0 Å². The molecule has 1 aromatic rings. The summed E-state index contributed by atoms with van der Waals surface area (Å²) in [5, 5.41) is 10.3. The third-order valence-corrected chi connectivity index (χ3v) is 4.12. The second kappa shape index (κ2) is 7.07. The molecule has 1 aliphatic heterocycles. The van der Waals surface area contributed by atoms with Crippen molar-refractivity contribution < 1.29 is 9.84 Å². The van der Waals surface area contributed by atoms with Gasteiger partial charge in [-0.1, -0.05) is 6.07 Å². The molecule has 20 heavy (non-hydrogen) atoms. The third kappa shape index (κ3) is 3.95. The number of rotatable bonds is 5. The number of benzene rings is 1. The summed E-state index contributed by atoms with van der Waals surface area (Å²) in [5.74, 6) is 0.875. The Morgan fingerprint density at radius 3 is 2.55 bits per heavy atom. The highest BCUT2D eigenvalue weighted by Gasteiger charge is 2.16. The van der Waals surface area contributed by atoms with Gasteiger partial charge in [0.1, 0.15) is 5.75 Å². The number of aryl methyl sites for hydroxylation is 1. The molecule has 0 aliphatic carbocycles. The second-order valence-corrected chi connectivity index (χ2v) is 5.68. The van der Waals surface area contributed by atoms with Crippen LogP contribution in [0.5, 0.6) is 5.75 Å². The molecule has 0 radical (unpaired) electrons. The molecule has 0 aromatic heterocycles. The van der Waals surface area contributed by atoms with Crippen LogP contribution in [0, 0.1) is 6.92 Å². The van der Waals surface area contributed by atoms with Crippen molar-refractivity contribution in [2.45, 2.75) is 19.4 Å². The third-order valence-electron chi connectivity index (χ3n) is 4.12. The van der Waals surface area contributed by atoms with E-state index in [-0.39, 0.29) is 6.10 Å². The molecule has 1 unspecified atom stereocenters. The molecule has 1 atom stereocenters. The van der Waals surface area contributed by atoms with E-state index in [0.717, 1.165) is 56.0 Å². The van der Waals surface area contributed by atoms with Gasteiger partial charge in [0.15, 0.2) is 0 Å². The molecule has 4 heteroatoms. The summed E-state index contributed by atoms with van der Waals surface area (Å²) in [6.07, 6.45) is 0.398. The van der Waals surface area contributed by atoms with Crippen molar-refractivity contribution >= 4 is 0 Å². The quantitative estimate of drug-likeness (QED) is 0.889. The Balaban J connectivity index is 1.85. The summed E-state index contributed by atoms with van der Waals surface area (Å²) in [4.78, 5) is 4.78. The van der Waals surface area contributed by atoms with Gasteiger partial charge in [-0.05, 0) is 43.7 Å². The highest BCUT2D eigenvalue weighted by Crippen LogP contribution is 2.24. The number of ether oxygens (including phenoxy) is 1. The van der Waals surface area contributed by atoms with E-state index in [0.29, 0.717) is 0 Å². The van der Waals surface area contributed by atoms with Crippen LogP contribution in [0.3, 0.4) is 0 Å². The van der Waals surface area contributed by atoms with Crippen LogP contribution in [0.1, 0.15) is 23.7 Å². The highest BCUT2D eigenvalue weighted by molar-refractivity contribution is 5.36. The summed E-state index contributed by atoms with van der Waals surface area (Å²) in [6, 6.07) is 5.91. The molecule has 1 aliphatic rings. The Labute approximate surface area is 122 Å². The Hall–Kier alpha value is -1.10. The topological polar surface area (TPSA) is 35.9 Å². The normalized spacial score (nSPS) is 19.0. The number of likely N-dealkylation sites (N-methyl/N-ethyl adjacent to an activating group) is 1. The molecule has 1 heterocycles. The van der Waals surface area contributed by atoms with Crippen molar-refractivity contribution in [2.24, 2.45) is 0 Å². The maximum absolute atomic E-state index is 10.3. The number of aliphatic hydroxyl groups excluding tert-OH is 1. The van der Waals surface area contributed by atoms with E-state index in [1.54, 1.807) is 7.11 Å². The summed E-state index contributed by atoms with van der Waals surface area (Å²) < 4.78 is 5.25. The first-order valence-electron chi connectivity index (χ1n) is 7.33. The van der Waals surface area contributed by atoms with E-state index in [9.17, 15) is 5.11 Å². The van der Waals surface area contributed by atoms with Gasteiger partial charge in [0, 0.05) is 32.7 Å². The number of piperazine rings is 1. The monoisotopic (exact) mass is 278 g/mol. The van der Waals surface area contributed by atoms with Crippen LogP contribution in [-0.4, -0.2) is 61.8 Å². The van der Waals surface area contributed by atoms with Gasteiger partial charge >= 0.3 is 0 Å². The Morgan fingerprint density at radius 2 is 1.95 bits per heavy atom. The Kier molecular flexibility index (Phi) is 5.40. The van der Waals surface area contributed by atoms with Gasteiger partial charge in [-0.2, -0.15) is 0 Å². The summed E-state index contributed by atoms with van der Waals surface area (Å²) in [6.45, 7) is 7.42. The number of aliphatic hydroxyl groups is 1. The van der Waals surface area contributed by atoms with Gasteiger partial charge in [0.2, 0.25) is 0 Å².